The number of aryl methyl sites for hydroxylation is 2. The SMILES string of the molecule is Cc1cc(Br)cc(C)c1OC(C)C(=O)Nc1ccc(OCCc2ccccc2)cc1. The lowest BCUT2D eigenvalue weighted by Gasteiger charge is -2.18. The van der Waals surface area contributed by atoms with E-state index in [1.807, 2.05) is 68.4 Å². The van der Waals surface area contributed by atoms with Gasteiger partial charge in [0.15, 0.2) is 6.10 Å². The molecule has 1 unspecified atom stereocenters. The smallest absolute Gasteiger partial charge is 0.265 e. The minimum absolute atomic E-state index is 0.200. The molecule has 0 bridgehead atoms. The summed E-state index contributed by atoms with van der Waals surface area (Å²) in [5.74, 6) is 1.31. The Balaban J connectivity index is 1.51. The van der Waals surface area contributed by atoms with Gasteiger partial charge in [0.1, 0.15) is 11.5 Å². The summed E-state index contributed by atoms with van der Waals surface area (Å²) in [6, 6.07) is 21.6. The quantitative estimate of drug-likeness (QED) is 0.435. The van der Waals surface area contributed by atoms with Gasteiger partial charge in [-0.2, -0.15) is 0 Å². The van der Waals surface area contributed by atoms with Crippen LogP contribution in [-0.2, 0) is 11.2 Å². The van der Waals surface area contributed by atoms with Gasteiger partial charge in [-0.1, -0.05) is 46.3 Å². The standard InChI is InChI=1S/C25H26BrNO3/c1-17-15-21(26)16-18(2)24(17)30-19(3)25(28)27-22-9-11-23(12-10-22)29-14-13-20-7-5-4-6-8-20/h4-12,15-16,19H,13-14H2,1-3H3,(H,27,28). The summed E-state index contributed by atoms with van der Waals surface area (Å²) in [7, 11) is 0. The zero-order valence-electron chi connectivity index (χ0n) is 17.4. The molecule has 0 fully saturated rings. The van der Waals surface area contributed by atoms with E-state index < -0.39 is 6.10 Å². The molecule has 0 aliphatic carbocycles. The molecule has 0 saturated carbocycles. The molecule has 30 heavy (non-hydrogen) atoms. The zero-order chi connectivity index (χ0) is 21.5. The Kier molecular flexibility index (Phi) is 7.52. The summed E-state index contributed by atoms with van der Waals surface area (Å²) < 4.78 is 12.7. The second-order valence-electron chi connectivity index (χ2n) is 7.23. The molecule has 1 amide bonds. The largest absolute Gasteiger partial charge is 0.493 e. The van der Waals surface area contributed by atoms with E-state index in [1.54, 1.807) is 6.92 Å². The van der Waals surface area contributed by atoms with Gasteiger partial charge in [0.25, 0.3) is 5.91 Å². The van der Waals surface area contributed by atoms with Crippen molar-refractivity contribution in [2.24, 2.45) is 0 Å². The van der Waals surface area contributed by atoms with Gasteiger partial charge < -0.3 is 14.8 Å². The summed E-state index contributed by atoms with van der Waals surface area (Å²) in [4.78, 5) is 12.5. The number of carbonyl (C=O) groups excluding carboxylic acids is 1. The molecule has 0 saturated heterocycles. The van der Waals surface area contributed by atoms with Crippen LogP contribution in [0.25, 0.3) is 0 Å². The van der Waals surface area contributed by atoms with Gasteiger partial charge in [-0.25, -0.2) is 0 Å². The van der Waals surface area contributed by atoms with Crippen molar-refractivity contribution in [3.63, 3.8) is 0 Å². The number of carbonyl (C=O) groups is 1. The van der Waals surface area contributed by atoms with Crippen LogP contribution in [0.2, 0.25) is 0 Å². The highest BCUT2D eigenvalue weighted by atomic mass is 79.9. The highest BCUT2D eigenvalue weighted by molar-refractivity contribution is 9.10. The van der Waals surface area contributed by atoms with Crippen LogP contribution in [0.3, 0.4) is 0 Å². The van der Waals surface area contributed by atoms with E-state index in [-0.39, 0.29) is 5.91 Å². The van der Waals surface area contributed by atoms with Gasteiger partial charge >= 0.3 is 0 Å². The van der Waals surface area contributed by atoms with Gasteiger partial charge in [0.05, 0.1) is 6.61 Å². The predicted octanol–water partition coefficient (Wildman–Crippen LogP) is 6.09. The van der Waals surface area contributed by atoms with Crippen LogP contribution >= 0.6 is 15.9 Å². The molecule has 1 atom stereocenters. The number of hydrogen-bond donors (Lipinski definition) is 1. The van der Waals surface area contributed by atoms with E-state index in [1.165, 1.54) is 5.56 Å². The first-order valence-electron chi connectivity index (χ1n) is 9.93. The number of nitrogens with one attached hydrogen (secondary N) is 1. The van der Waals surface area contributed by atoms with Crippen LogP contribution in [0.15, 0.2) is 71.2 Å². The van der Waals surface area contributed by atoms with Crippen LogP contribution in [0.4, 0.5) is 5.69 Å². The monoisotopic (exact) mass is 467 g/mol. The van der Waals surface area contributed by atoms with Gasteiger partial charge in [-0.15, -0.1) is 0 Å². The average molecular weight is 468 g/mol. The fraction of sp³-hybridized carbons (Fsp3) is 0.240. The normalized spacial score (nSPS) is 11.6. The second kappa shape index (κ2) is 10.3. The zero-order valence-corrected chi connectivity index (χ0v) is 19.0. The summed E-state index contributed by atoms with van der Waals surface area (Å²) in [6.45, 7) is 6.28. The molecule has 0 aromatic heterocycles. The summed E-state index contributed by atoms with van der Waals surface area (Å²) in [5.41, 5.74) is 3.92. The minimum Gasteiger partial charge on any atom is -0.493 e. The van der Waals surface area contributed by atoms with Crippen molar-refractivity contribution in [1.82, 2.24) is 0 Å². The molecule has 4 nitrogen and oxygen atoms in total. The summed E-state index contributed by atoms with van der Waals surface area (Å²) in [5, 5.41) is 2.89. The average Bonchev–Trinajstić information content (AvgIpc) is 2.72. The highest BCUT2D eigenvalue weighted by Crippen LogP contribution is 2.28. The van der Waals surface area contributed by atoms with E-state index in [9.17, 15) is 4.79 Å². The number of benzene rings is 3. The summed E-state index contributed by atoms with van der Waals surface area (Å²) in [6.07, 6.45) is 0.230. The van der Waals surface area contributed by atoms with Crippen molar-refractivity contribution in [2.45, 2.75) is 33.3 Å². The maximum atomic E-state index is 12.5. The molecule has 3 rings (SSSR count). The Hall–Kier alpha value is -2.79. The molecule has 5 heteroatoms. The number of anilines is 1. The van der Waals surface area contributed by atoms with Crippen LogP contribution in [0.1, 0.15) is 23.6 Å². The third-order valence-corrected chi connectivity index (χ3v) is 5.17. The number of rotatable bonds is 8. The molecule has 3 aromatic carbocycles. The van der Waals surface area contributed by atoms with E-state index >= 15 is 0 Å². The number of halogens is 1. The number of amides is 1. The molecule has 1 N–H and O–H groups in total. The molecule has 0 spiro atoms. The molecular weight excluding hydrogens is 442 g/mol. The Labute approximate surface area is 186 Å². The first-order valence-corrected chi connectivity index (χ1v) is 10.7. The highest BCUT2D eigenvalue weighted by Gasteiger charge is 2.17. The van der Waals surface area contributed by atoms with Gasteiger partial charge in [0, 0.05) is 16.6 Å². The molecule has 0 aliphatic rings. The molecule has 156 valence electrons. The predicted molar refractivity (Wildman–Crippen MR) is 124 cm³/mol. The van der Waals surface area contributed by atoms with Crippen LogP contribution in [-0.4, -0.2) is 18.6 Å². The topological polar surface area (TPSA) is 47.6 Å². The van der Waals surface area contributed by atoms with Crippen molar-refractivity contribution in [3.8, 4) is 11.5 Å². The Bertz CT molecular complexity index is 964. The fourth-order valence-electron chi connectivity index (χ4n) is 3.12. The fourth-order valence-corrected chi connectivity index (χ4v) is 3.81. The Morgan fingerprint density at radius 3 is 2.27 bits per heavy atom. The molecule has 0 aliphatic heterocycles. The number of hydrogen-bond acceptors (Lipinski definition) is 3. The van der Waals surface area contributed by atoms with E-state index in [0.717, 1.165) is 33.5 Å². The van der Waals surface area contributed by atoms with Gasteiger partial charge in [0.2, 0.25) is 0 Å². The van der Waals surface area contributed by atoms with Gasteiger partial charge in [-0.05, 0) is 73.9 Å². The maximum Gasteiger partial charge on any atom is 0.265 e. The second-order valence-corrected chi connectivity index (χ2v) is 8.14. The lowest BCUT2D eigenvalue weighted by atomic mass is 10.1. The Morgan fingerprint density at radius 1 is 1.00 bits per heavy atom. The molecule has 3 aromatic rings. The van der Waals surface area contributed by atoms with Gasteiger partial charge in [-0.3, -0.25) is 4.79 Å². The lowest BCUT2D eigenvalue weighted by molar-refractivity contribution is -0.122. The molecule has 0 heterocycles. The summed E-state index contributed by atoms with van der Waals surface area (Å²) >= 11 is 3.47. The Morgan fingerprint density at radius 2 is 1.63 bits per heavy atom. The van der Waals surface area contributed by atoms with Crippen molar-refractivity contribution in [2.75, 3.05) is 11.9 Å². The maximum absolute atomic E-state index is 12.5. The number of ether oxygens (including phenoxy) is 2. The first kappa shape index (κ1) is 21.9. The molecular formula is C25H26BrNO3. The third-order valence-electron chi connectivity index (χ3n) is 4.71. The van der Waals surface area contributed by atoms with E-state index in [4.69, 9.17) is 9.47 Å². The molecule has 0 radical (unpaired) electrons. The van der Waals surface area contributed by atoms with Crippen molar-refractivity contribution < 1.29 is 14.3 Å². The van der Waals surface area contributed by atoms with Crippen LogP contribution in [0, 0.1) is 13.8 Å². The van der Waals surface area contributed by atoms with Crippen molar-refractivity contribution in [1.29, 1.82) is 0 Å². The first-order chi connectivity index (χ1) is 14.4. The van der Waals surface area contributed by atoms with Crippen molar-refractivity contribution in [3.05, 3.63) is 87.9 Å². The van der Waals surface area contributed by atoms with E-state index in [2.05, 4.69) is 33.4 Å². The minimum atomic E-state index is -0.620. The van der Waals surface area contributed by atoms with E-state index in [0.29, 0.717) is 12.3 Å². The van der Waals surface area contributed by atoms with Crippen LogP contribution < -0.4 is 14.8 Å². The van der Waals surface area contributed by atoms with Crippen LogP contribution in [0.5, 0.6) is 11.5 Å². The lowest BCUT2D eigenvalue weighted by Crippen LogP contribution is -2.30. The van der Waals surface area contributed by atoms with Crippen molar-refractivity contribution >= 4 is 27.5 Å². The third kappa shape index (κ3) is 6.10.